The van der Waals surface area contributed by atoms with Crippen LogP contribution in [-0.2, 0) is 14.4 Å². The molecule has 0 aliphatic carbocycles. The number of amides is 2. The van der Waals surface area contributed by atoms with Gasteiger partial charge in [0.2, 0.25) is 11.8 Å². The van der Waals surface area contributed by atoms with E-state index in [1.165, 1.54) is 4.90 Å². The molecule has 114 valence electrons. The number of carboxylic acid groups (broad SMARTS) is 1. The van der Waals surface area contributed by atoms with E-state index in [-0.39, 0.29) is 30.9 Å². The van der Waals surface area contributed by atoms with Crippen LogP contribution in [0.3, 0.4) is 0 Å². The summed E-state index contributed by atoms with van der Waals surface area (Å²) in [5.74, 6) is -1.54. The Labute approximate surface area is 118 Å². The lowest BCUT2D eigenvalue weighted by Crippen LogP contribution is -2.62. The van der Waals surface area contributed by atoms with E-state index in [2.05, 4.69) is 10.6 Å². The zero-order valence-corrected chi connectivity index (χ0v) is 12.2. The molecule has 0 spiro atoms. The third-order valence-electron chi connectivity index (χ3n) is 3.49. The molecule has 7 nitrogen and oxygen atoms in total. The summed E-state index contributed by atoms with van der Waals surface area (Å²) >= 11 is 0. The number of nitrogens with one attached hydrogen (secondary N) is 2. The molecule has 1 saturated heterocycles. The van der Waals surface area contributed by atoms with E-state index in [0.717, 1.165) is 12.8 Å². The second kappa shape index (κ2) is 7.23. The van der Waals surface area contributed by atoms with Gasteiger partial charge in [0.25, 0.3) is 0 Å². The number of aliphatic carboxylic acids is 1. The Bertz CT molecular complexity index is 386. The molecule has 0 radical (unpaired) electrons. The second-order valence-electron chi connectivity index (χ2n) is 5.20. The van der Waals surface area contributed by atoms with E-state index in [1.54, 1.807) is 6.92 Å². The first-order valence-corrected chi connectivity index (χ1v) is 6.92. The van der Waals surface area contributed by atoms with Crippen LogP contribution in [0.1, 0.15) is 33.6 Å². The minimum atomic E-state index is -1.04. The summed E-state index contributed by atoms with van der Waals surface area (Å²) in [6.07, 6.45) is 1.82. The van der Waals surface area contributed by atoms with Crippen LogP contribution in [0.15, 0.2) is 0 Å². The predicted molar refractivity (Wildman–Crippen MR) is 73.1 cm³/mol. The van der Waals surface area contributed by atoms with Crippen LogP contribution in [0.4, 0.5) is 0 Å². The number of piperazine rings is 1. The first-order valence-electron chi connectivity index (χ1n) is 6.92. The predicted octanol–water partition coefficient (Wildman–Crippen LogP) is -0.435. The Morgan fingerprint density at radius 2 is 2.15 bits per heavy atom. The second-order valence-corrected chi connectivity index (χ2v) is 5.20. The zero-order chi connectivity index (χ0) is 15.3. The maximum Gasteiger partial charge on any atom is 0.322 e. The Morgan fingerprint density at radius 1 is 1.50 bits per heavy atom. The molecule has 0 aromatic rings. The van der Waals surface area contributed by atoms with Gasteiger partial charge in [-0.05, 0) is 20.3 Å². The van der Waals surface area contributed by atoms with Crippen LogP contribution in [0, 0.1) is 0 Å². The van der Waals surface area contributed by atoms with Crippen molar-refractivity contribution in [1.82, 2.24) is 15.5 Å². The van der Waals surface area contributed by atoms with Crippen molar-refractivity contribution >= 4 is 17.8 Å². The molecule has 3 N–H and O–H groups in total. The summed E-state index contributed by atoms with van der Waals surface area (Å²) in [6, 6.07) is -1.48. The molecule has 1 aliphatic heterocycles. The molecular weight excluding hydrogens is 262 g/mol. The van der Waals surface area contributed by atoms with Crippen LogP contribution in [0.5, 0.6) is 0 Å². The highest BCUT2D eigenvalue weighted by atomic mass is 16.4. The van der Waals surface area contributed by atoms with E-state index in [9.17, 15) is 14.4 Å². The molecule has 1 fully saturated rings. The topological polar surface area (TPSA) is 98.7 Å². The van der Waals surface area contributed by atoms with Gasteiger partial charge in [0, 0.05) is 12.6 Å². The number of carboxylic acids is 1. The summed E-state index contributed by atoms with van der Waals surface area (Å²) in [5, 5.41) is 14.5. The number of carbonyl (C=O) groups is 3. The van der Waals surface area contributed by atoms with E-state index < -0.39 is 18.1 Å². The van der Waals surface area contributed by atoms with Crippen molar-refractivity contribution in [3.05, 3.63) is 0 Å². The molecule has 1 heterocycles. The molecule has 1 rings (SSSR count). The third kappa shape index (κ3) is 4.19. The number of carbonyl (C=O) groups excluding carboxylic acids is 2. The van der Waals surface area contributed by atoms with E-state index >= 15 is 0 Å². The summed E-state index contributed by atoms with van der Waals surface area (Å²) in [7, 11) is 0. The normalized spacial score (nSPS) is 22.8. The van der Waals surface area contributed by atoms with E-state index in [4.69, 9.17) is 5.11 Å². The van der Waals surface area contributed by atoms with Gasteiger partial charge in [-0.3, -0.25) is 19.3 Å². The maximum atomic E-state index is 12.1. The van der Waals surface area contributed by atoms with Gasteiger partial charge in [-0.25, -0.2) is 0 Å². The molecule has 0 aromatic carbocycles. The molecule has 20 heavy (non-hydrogen) atoms. The molecular formula is C13H23N3O4. The minimum absolute atomic E-state index is 0.0241. The average molecular weight is 285 g/mol. The maximum absolute atomic E-state index is 12.1. The molecule has 0 saturated carbocycles. The van der Waals surface area contributed by atoms with E-state index in [1.807, 2.05) is 13.8 Å². The summed E-state index contributed by atoms with van der Waals surface area (Å²) < 4.78 is 0. The van der Waals surface area contributed by atoms with Gasteiger partial charge >= 0.3 is 5.97 Å². The van der Waals surface area contributed by atoms with Crippen molar-refractivity contribution in [2.24, 2.45) is 0 Å². The van der Waals surface area contributed by atoms with Crippen molar-refractivity contribution in [1.29, 1.82) is 0 Å². The Hall–Kier alpha value is -1.63. The molecule has 0 bridgehead atoms. The van der Waals surface area contributed by atoms with Crippen LogP contribution >= 0.6 is 0 Å². The number of hydrogen-bond donors (Lipinski definition) is 3. The van der Waals surface area contributed by atoms with Crippen LogP contribution in [-0.4, -0.2) is 59.0 Å². The number of nitrogens with zero attached hydrogens (tertiary/aromatic N) is 1. The summed E-state index contributed by atoms with van der Waals surface area (Å²) in [4.78, 5) is 36.2. The lowest BCUT2D eigenvalue weighted by atomic mass is 10.1. The molecule has 3 atom stereocenters. The van der Waals surface area contributed by atoms with Gasteiger partial charge in [-0.1, -0.05) is 13.3 Å². The molecule has 7 heteroatoms. The smallest absolute Gasteiger partial charge is 0.322 e. The molecule has 0 aromatic heterocycles. The Balaban J connectivity index is 2.70. The number of rotatable bonds is 6. The van der Waals surface area contributed by atoms with Crippen LogP contribution in [0.25, 0.3) is 0 Å². The van der Waals surface area contributed by atoms with Gasteiger partial charge in [0.1, 0.15) is 6.04 Å². The summed E-state index contributed by atoms with van der Waals surface area (Å²) in [6.45, 7) is 5.51. The highest BCUT2D eigenvalue weighted by Gasteiger charge is 2.37. The van der Waals surface area contributed by atoms with E-state index in [0.29, 0.717) is 0 Å². The highest BCUT2D eigenvalue weighted by Crippen LogP contribution is 2.10. The lowest BCUT2D eigenvalue weighted by Gasteiger charge is -2.36. The van der Waals surface area contributed by atoms with Gasteiger partial charge in [0.15, 0.2) is 0 Å². The number of hydrogen-bond acceptors (Lipinski definition) is 4. The minimum Gasteiger partial charge on any atom is -0.480 e. The van der Waals surface area contributed by atoms with Crippen molar-refractivity contribution < 1.29 is 19.5 Å². The quantitative estimate of drug-likeness (QED) is 0.615. The zero-order valence-electron chi connectivity index (χ0n) is 12.2. The van der Waals surface area contributed by atoms with Crippen molar-refractivity contribution in [3.8, 4) is 0 Å². The van der Waals surface area contributed by atoms with Crippen LogP contribution < -0.4 is 10.6 Å². The average Bonchev–Trinajstić information content (AvgIpc) is 2.37. The first-order chi connectivity index (χ1) is 9.36. The van der Waals surface area contributed by atoms with Crippen molar-refractivity contribution in [3.63, 3.8) is 0 Å². The monoisotopic (exact) mass is 285 g/mol. The van der Waals surface area contributed by atoms with Gasteiger partial charge in [0.05, 0.1) is 12.6 Å². The fourth-order valence-corrected chi connectivity index (χ4v) is 2.31. The van der Waals surface area contributed by atoms with Crippen molar-refractivity contribution in [2.75, 3.05) is 13.1 Å². The highest BCUT2D eigenvalue weighted by molar-refractivity contribution is 5.87. The fraction of sp³-hybridized carbons (Fsp3) is 0.769. The molecule has 3 unspecified atom stereocenters. The molecule has 2 amide bonds. The molecule has 1 aliphatic rings. The van der Waals surface area contributed by atoms with Gasteiger partial charge in [-0.2, -0.15) is 0 Å². The standard InChI is InChI=1S/C13H23N3O4/c1-4-5-8(2)15-12(18)9(3)16-7-11(17)14-6-10(16)13(19)20/h8-10H,4-7H2,1-3H3,(H,14,17)(H,15,18)(H,19,20). The SMILES string of the molecule is CCCC(C)NC(=O)C(C)N1CC(=O)NCC1C(=O)O. The van der Waals surface area contributed by atoms with Gasteiger partial charge < -0.3 is 15.7 Å². The van der Waals surface area contributed by atoms with Gasteiger partial charge in [-0.15, -0.1) is 0 Å². The fourth-order valence-electron chi connectivity index (χ4n) is 2.31. The lowest BCUT2D eigenvalue weighted by molar-refractivity contribution is -0.148. The Morgan fingerprint density at radius 3 is 2.70 bits per heavy atom. The first kappa shape index (κ1) is 16.4. The Kier molecular flexibility index (Phi) is 5.94. The third-order valence-corrected chi connectivity index (χ3v) is 3.49. The van der Waals surface area contributed by atoms with Crippen LogP contribution in [0.2, 0.25) is 0 Å². The summed E-state index contributed by atoms with van der Waals surface area (Å²) in [5.41, 5.74) is 0. The van der Waals surface area contributed by atoms with Crippen molar-refractivity contribution in [2.45, 2.75) is 51.7 Å². The largest absolute Gasteiger partial charge is 0.480 e.